The standard InChI is InChI=1S/C29H50O/c1-9-27(19-17-25(7)15-11-13-23(3)4)21-29(30)22-28(10-2)20-18-26(8)16-12-14-24(5)6/h13-14,17-18,27-28H,9-12,15-16,19-22H2,1-8H3/b25-17+,26-18+. The molecule has 0 heterocycles. The molecular formula is C29H50O. The Bertz CT molecular complexity index is 540. The fourth-order valence-corrected chi connectivity index (χ4v) is 3.63. The quantitative estimate of drug-likeness (QED) is 0.230. The second-order valence-corrected chi connectivity index (χ2v) is 9.71. The lowest BCUT2D eigenvalue weighted by Crippen LogP contribution is -2.12. The maximum absolute atomic E-state index is 12.7. The summed E-state index contributed by atoms with van der Waals surface area (Å²) in [5, 5.41) is 0. The summed E-state index contributed by atoms with van der Waals surface area (Å²) < 4.78 is 0. The minimum absolute atomic E-state index is 0.458. The van der Waals surface area contributed by atoms with Gasteiger partial charge in [0.15, 0.2) is 0 Å². The number of Topliss-reactive ketones (excluding diaryl/α,β-unsaturated/α-hetero) is 1. The molecule has 1 heteroatoms. The Morgan fingerprint density at radius 1 is 0.633 bits per heavy atom. The molecule has 2 unspecified atom stereocenters. The van der Waals surface area contributed by atoms with Gasteiger partial charge in [0.1, 0.15) is 5.78 Å². The molecule has 0 aromatic heterocycles. The van der Waals surface area contributed by atoms with Crippen molar-refractivity contribution in [1.82, 2.24) is 0 Å². The summed E-state index contributed by atoms with van der Waals surface area (Å²) in [6.45, 7) is 17.5. The monoisotopic (exact) mass is 414 g/mol. The van der Waals surface area contributed by atoms with Gasteiger partial charge in [-0.1, -0.05) is 73.3 Å². The second-order valence-electron chi connectivity index (χ2n) is 9.71. The highest BCUT2D eigenvalue weighted by Gasteiger charge is 2.15. The number of carbonyl (C=O) groups is 1. The van der Waals surface area contributed by atoms with Gasteiger partial charge < -0.3 is 0 Å². The van der Waals surface area contributed by atoms with Crippen LogP contribution in [0.15, 0.2) is 46.6 Å². The molecule has 0 radical (unpaired) electrons. The van der Waals surface area contributed by atoms with Crippen LogP contribution in [0.4, 0.5) is 0 Å². The van der Waals surface area contributed by atoms with E-state index in [1.165, 1.54) is 22.3 Å². The van der Waals surface area contributed by atoms with Crippen LogP contribution in [0.25, 0.3) is 0 Å². The summed E-state index contributed by atoms with van der Waals surface area (Å²) in [6, 6.07) is 0. The molecule has 0 spiro atoms. The Morgan fingerprint density at radius 3 is 1.30 bits per heavy atom. The summed E-state index contributed by atoms with van der Waals surface area (Å²) >= 11 is 0. The van der Waals surface area contributed by atoms with Crippen molar-refractivity contribution in [2.24, 2.45) is 11.8 Å². The fourth-order valence-electron chi connectivity index (χ4n) is 3.63. The van der Waals surface area contributed by atoms with E-state index in [1.54, 1.807) is 0 Å². The van der Waals surface area contributed by atoms with Gasteiger partial charge in [-0.05, 0) is 91.9 Å². The highest BCUT2D eigenvalue weighted by atomic mass is 16.1. The number of allylic oxidation sites excluding steroid dienone is 8. The third-order valence-electron chi connectivity index (χ3n) is 5.97. The first-order valence-corrected chi connectivity index (χ1v) is 12.3. The third-order valence-corrected chi connectivity index (χ3v) is 5.97. The Hall–Kier alpha value is -1.37. The SMILES string of the molecule is CCC(C/C=C(\C)CCC=C(C)C)CC(=O)CC(CC)C/C=C(\C)CCC=C(C)C. The lowest BCUT2D eigenvalue weighted by Gasteiger charge is -2.16. The van der Waals surface area contributed by atoms with E-state index in [2.05, 4.69) is 79.7 Å². The van der Waals surface area contributed by atoms with Gasteiger partial charge >= 0.3 is 0 Å². The van der Waals surface area contributed by atoms with E-state index < -0.39 is 0 Å². The van der Waals surface area contributed by atoms with Gasteiger partial charge in [-0.25, -0.2) is 0 Å². The third kappa shape index (κ3) is 16.4. The topological polar surface area (TPSA) is 17.1 Å². The van der Waals surface area contributed by atoms with Crippen molar-refractivity contribution < 1.29 is 4.79 Å². The smallest absolute Gasteiger partial charge is 0.133 e. The van der Waals surface area contributed by atoms with Crippen LogP contribution in [0.3, 0.4) is 0 Å². The fraction of sp³-hybridized carbons (Fsp3) is 0.690. The van der Waals surface area contributed by atoms with Crippen molar-refractivity contribution in [3.05, 3.63) is 46.6 Å². The number of rotatable bonds is 16. The average molecular weight is 415 g/mol. The van der Waals surface area contributed by atoms with Gasteiger partial charge in [-0.2, -0.15) is 0 Å². The van der Waals surface area contributed by atoms with Crippen molar-refractivity contribution in [3.63, 3.8) is 0 Å². The minimum atomic E-state index is 0.458. The lowest BCUT2D eigenvalue weighted by molar-refractivity contribution is -0.120. The number of ketones is 1. The first-order chi connectivity index (χ1) is 14.2. The Labute approximate surface area is 188 Å². The van der Waals surface area contributed by atoms with E-state index in [0.717, 1.165) is 64.2 Å². The van der Waals surface area contributed by atoms with Crippen LogP contribution in [-0.4, -0.2) is 5.78 Å². The van der Waals surface area contributed by atoms with Gasteiger partial charge in [-0.15, -0.1) is 0 Å². The first-order valence-electron chi connectivity index (χ1n) is 12.3. The van der Waals surface area contributed by atoms with Crippen LogP contribution < -0.4 is 0 Å². The van der Waals surface area contributed by atoms with Crippen LogP contribution in [0.2, 0.25) is 0 Å². The van der Waals surface area contributed by atoms with Crippen LogP contribution in [0, 0.1) is 11.8 Å². The molecule has 0 saturated heterocycles. The molecule has 0 fully saturated rings. The molecule has 0 N–H and O–H groups in total. The van der Waals surface area contributed by atoms with Crippen molar-refractivity contribution >= 4 is 5.78 Å². The number of hydrogen-bond acceptors (Lipinski definition) is 1. The van der Waals surface area contributed by atoms with Gasteiger partial charge in [-0.3, -0.25) is 4.79 Å². The zero-order valence-corrected chi connectivity index (χ0v) is 21.4. The Kier molecular flexibility index (Phi) is 16.5. The molecule has 0 aromatic rings. The molecule has 0 bridgehead atoms. The molecule has 1 nitrogen and oxygen atoms in total. The highest BCUT2D eigenvalue weighted by Crippen LogP contribution is 2.22. The van der Waals surface area contributed by atoms with Crippen molar-refractivity contribution in [2.75, 3.05) is 0 Å². The van der Waals surface area contributed by atoms with Crippen LogP contribution in [0.1, 0.15) is 120 Å². The molecule has 2 atom stereocenters. The highest BCUT2D eigenvalue weighted by molar-refractivity contribution is 5.78. The Morgan fingerprint density at radius 2 is 1.00 bits per heavy atom. The van der Waals surface area contributed by atoms with Crippen LogP contribution in [0.5, 0.6) is 0 Å². The molecule has 0 aromatic carbocycles. The number of carbonyl (C=O) groups excluding carboxylic acids is 1. The maximum Gasteiger partial charge on any atom is 0.133 e. The summed E-state index contributed by atoms with van der Waals surface area (Å²) in [6.07, 6.45) is 19.6. The van der Waals surface area contributed by atoms with Gasteiger partial charge in [0.05, 0.1) is 0 Å². The number of hydrogen-bond donors (Lipinski definition) is 0. The molecule has 0 aliphatic heterocycles. The van der Waals surface area contributed by atoms with Gasteiger partial charge in [0.25, 0.3) is 0 Å². The second kappa shape index (κ2) is 17.3. The molecule has 172 valence electrons. The van der Waals surface area contributed by atoms with E-state index in [-0.39, 0.29) is 0 Å². The molecule has 0 aliphatic carbocycles. The van der Waals surface area contributed by atoms with Crippen molar-refractivity contribution in [1.29, 1.82) is 0 Å². The predicted octanol–water partition coefficient (Wildman–Crippen LogP) is 9.55. The van der Waals surface area contributed by atoms with E-state index in [4.69, 9.17) is 0 Å². The molecule has 0 rings (SSSR count). The van der Waals surface area contributed by atoms with Crippen LogP contribution in [-0.2, 0) is 4.79 Å². The lowest BCUT2D eigenvalue weighted by atomic mass is 9.88. The average Bonchev–Trinajstić information content (AvgIpc) is 2.67. The molecule has 0 amide bonds. The van der Waals surface area contributed by atoms with E-state index in [0.29, 0.717) is 17.6 Å². The van der Waals surface area contributed by atoms with Crippen LogP contribution >= 0.6 is 0 Å². The van der Waals surface area contributed by atoms with E-state index in [1.807, 2.05) is 0 Å². The summed E-state index contributed by atoms with van der Waals surface area (Å²) in [5.74, 6) is 1.45. The Balaban J connectivity index is 4.48. The maximum atomic E-state index is 12.7. The molecule has 0 saturated carbocycles. The van der Waals surface area contributed by atoms with Crippen molar-refractivity contribution in [2.45, 2.75) is 120 Å². The zero-order chi connectivity index (χ0) is 22.9. The minimum Gasteiger partial charge on any atom is -0.300 e. The van der Waals surface area contributed by atoms with Gasteiger partial charge in [0, 0.05) is 12.8 Å². The van der Waals surface area contributed by atoms with E-state index in [9.17, 15) is 4.79 Å². The van der Waals surface area contributed by atoms with Gasteiger partial charge in [0.2, 0.25) is 0 Å². The molecule has 30 heavy (non-hydrogen) atoms. The summed E-state index contributed by atoms with van der Waals surface area (Å²) in [7, 11) is 0. The molecule has 0 aliphatic rings. The molecular weight excluding hydrogens is 364 g/mol. The van der Waals surface area contributed by atoms with E-state index >= 15 is 0 Å². The summed E-state index contributed by atoms with van der Waals surface area (Å²) in [5.41, 5.74) is 5.70. The predicted molar refractivity (Wildman–Crippen MR) is 136 cm³/mol. The largest absolute Gasteiger partial charge is 0.300 e. The zero-order valence-electron chi connectivity index (χ0n) is 21.4. The normalized spacial score (nSPS) is 14.3. The van der Waals surface area contributed by atoms with Crippen molar-refractivity contribution in [3.8, 4) is 0 Å². The summed E-state index contributed by atoms with van der Waals surface area (Å²) in [4.78, 5) is 12.7. The first kappa shape index (κ1) is 28.6.